The van der Waals surface area contributed by atoms with Crippen molar-refractivity contribution >= 4 is 17.6 Å². The van der Waals surface area contributed by atoms with Crippen molar-refractivity contribution in [2.45, 2.75) is 20.0 Å². The predicted molar refractivity (Wildman–Crippen MR) is 52.0 cm³/mol. The van der Waals surface area contributed by atoms with Crippen LogP contribution in [0, 0.1) is 5.82 Å². The Morgan fingerprint density at radius 3 is 2.64 bits per heavy atom. The molecule has 14 heavy (non-hydrogen) atoms. The molecule has 0 aliphatic rings. The molecule has 0 radical (unpaired) electrons. The Kier molecular flexibility index (Phi) is 3.47. The van der Waals surface area contributed by atoms with E-state index in [0.717, 1.165) is 0 Å². The van der Waals surface area contributed by atoms with Gasteiger partial charge in [-0.25, -0.2) is 9.18 Å². The largest absolute Gasteiger partial charge is 0.459 e. The number of hydrogen-bond acceptors (Lipinski definition) is 2. The van der Waals surface area contributed by atoms with Crippen molar-refractivity contribution in [2.24, 2.45) is 0 Å². The van der Waals surface area contributed by atoms with Gasteiger partial charge in [-0.05, 0) is 26.0 Å². The summed E-state index contributed by atoms with van der Waals surface area (Å²) in [6, 6.07) is 4.05. The summed E-state index contributed by atoms with van der Waals surface area (Å²) < 4.78 is 18.0. The molecule has 0 saturated heterocycles. The van der Waals surface area contributed by atoms with E-state index in [0.29, 0.717) is 0 Å². The third kappa shape index (κ3) is 2.45. The molecule has 1 rings (SSSR count). The number of carbonyl (C=O) groups excluding carboxylic acids is 1. The average Bonchev–Trinajstić information content (AvgIpc) is 2.01. The molecule has 0 aliphatic carbocycles. The lowest BCUT2D eigenvalue weighted by Gasteiger charge is -2.09. The molecule has 0 unspecified atom stereocenters. The predicted octanol–water partition coefficient (Wildman–Crippen LogP) is 3.04. The summed E-state index contributed by atoms with van der Waals surface area (Å²) in [7, 11) is 0. The molecule has 0 amide bonds. The maximum Gasteiger partial charge on any atom is 0.342 e. The fourth-order valence-corrected chi connectivity index (χ4v) is 1.21. The molecule has 2 nitrogen and oxygen atoms in total. The van der Waals surface area contributed by atoms with Gasteiger partial charge < -0.3 is 4.74 Å². The van der Waals surface area contributed by atoms with Gasteiger partial charge in [0.15, 0.2) is 0 Å². The molecule has 0 bridgehead atoms. The summed E-state index contributed by atoms with van der Waals surface area (Å²) in [6.45, 7) is 3.37. The van der Waals surface area contributed by atoms with Crippen LogP contribution < -0.4 is 0 Å². The van der Waals surface area contributed by atoms with E-state index in [1.165, 1.54) is 18.2 Å². The van der Waals surface area contributed by atoms with Crippen LogP contribution in [0.15, 0.2) is 18.2 Å². The highest BCUT2D eigenvalue weighted by molar-refractivity contribution is 6.33. The SMILES string of the molecule is CC(C)OC(=O)c1c(F)cccc1Cl. The van der Waals surface area contributed by atoms with Gasteiger partial charge in [-0.2, -0.15) is 0 Å². The standard InChI is InChI=1S/C10H10ClFO2/c1-6(2)14-10(13)9-7(11)4-3-5-8(9)12/h3-6H,1-2H3. The van der Waals surface area contributed by atoms with Crippen molar-refractivity contribution in [3.05, 3.63) is 34.6 Å². The van der Waals surface area contributed by atoms with Crippen LogP contribution in [0.4, 0.5) is 4.39 Å². The van der Waals surface area contributed by atoms with Crippen molar-refractivity contribution < 1.29 is 13.9 Å². The van der Waals surface area contributed by atoms with Gasteiger partial charge in [0.2, 0.25) is 0 Å². The van der Waals surface area contributed by atoms with E-state index in [1.807, 2.05) is 0 Å². The summed E-state index contributed by atoms with van der Waals surface area (Å²) >= 11 is 5.67. The fraction of sp³-hybridized carbons (Fsp3) is 0.300. The van der Waals surface area contributed by atoms with Crippen LogP contribution in [0.5, 0.6) is 0 Å². The molecule has 1 aromatic carbocycles. The Balaban J connectivity index is 3.00. The first-order chi connectivity index (χ1) is 6.52. The van der Waals surface area contributed by atoms with Crippen LogP contribution >= 0.6 is 11.6 Å². The first-order valence-electron chi connectivity index (χ1n) is 4.17. The maximum absolute atomic E-state index is 13.2. The highest BCUT2D eigenvalue weighted by Gasteiger charge is 2.17. The summed E-state index contributed by atoms with van der Waals surface area (Å²) in [4.78, 5) is 11.4. The molecule has 4 heteroatoms. The number of esters is 1. The van der Waals surface area contributed by atoms with Gasteiger partial charge in [0.1, 0.15) is 11.4 Å². The Hall–Kier alpha value is -1.09. The van der Waals surface area contributed by atoms with Gasteiger partial charge in [0, 0.05) is 0 Å². The first-order valence-corrected chi connectivity index (χ1v) is 4.55. The third-order valence-electron chi connectivity index (χ3n) is 1.51. The molecule has 0 heterocycles. The minimum atomic E-state index is -0.733. The first kappa shape index (κ1) is 11.0. The van der Waals surface area contributed by atoms with E-state index in [9.17, 15) is 9.18 Å². The van der Waals surface area contributed by atoms with Crippen LogP contribution in [-0.2, 0) is 4.74 Å². The highest BCUT2D eigenvalue weighted by Crippen LogP contribution is 2.20. The average molecular weight is 217 g/mol. The summed E-state index contributed by atoms with van der Waals surface area (Å²) in [5.74, 6) is -1.40. The molecule has 0 aliphatic heterocycles. The van der Waals surface area contributed by atoms with Crippen LogP contribution in [0.1, 0.15) is 24.2 Å². The van der Waals surface area contributed by atoms with Gasteiger partial charge >= 0.3 is 5.97 Å². The summed E-state index contributed by atoms with van der Waals surface area (Å²) in [6.07, 6.45) is -0.293. The molecule has 0 spiro atoms. The van der Waals surface area contributed by atoms with E-state index in [-0.39, 0.29) is 16.7 Å². The third-order valence-corrected chi connectivity index (χ3v) is 1.82. The van der Waals surface area contributed by atoms with Gasteiger partial charge in [0.05, 0.1) is 11.1 Å². The van der Waals surface area contributed by atoms with Crippen LogP contribution in [0.2, 0.25) is 5.02 Å². The topological polar surface area (TPSA) is 26.3 Å². The summed E-state index contributed by atoms with van der Waals surface area (Å²) in [5, 5.41) is 0.0654. The molecule has 0 N–H and O–H groups in total. The Bertz CT molecular complexity index is 330. The van der Waals surface area contributed by atoms with Gasteiger partial charge in [-0.15, -0.1) is 0 Å². The van der Waals surface area contributed by atoms with E-state index >= 15 is 0 Å². The lowest BCUT2D eigenvalue weighted by Crippen LogP contribution is -2.13. The number of halogens is 2. The molecule has 76 valence electrons. The number of rotatable bonds is 2. The second kappa shape index (κ2) is 4.42. The zero-order valence-corrected chi connectivity index (χ0v) is 8.64. The molecular weight excluding hydrogens is 207 g/mol. The number of benzene rings is 1. The lowest BCUT2D eigenvalue weighted by molar-refractivity contribution is 0.0373. The molecule has 0 aromatic heterocycles. The molecule has 0 fully saturated rings. The second-order valence-corrected chi connectivity index (χ2v) is 3.46. The quantitative estimate of drug-likeness (QED) is 0.711. The highest BCUT2D eigenvalue weighted by atomic mass is 35.5. The van der Waals surface area contributed by atoms with Crippen LogP contribution in [0.25, 0.3) is 0 Å². The Morgan fingerprint density at radius 2 is 2.14 bits per heavy atom. The monoisotopic (exact) mass is 216 g/mol. The smallest absolute Gasteiger partial charge is 0.342 e. The lowest BCUT2D eigenvalue weighted by atomic mass is 10.2. The number of ether oxygens (including phenoxy) is 1. The van der Waals surface area contributed by atoms with Crippen molar-refractivity contribution in [1.82, 2.24) is 0 Å². The van der Waals surface area contributed by atoms with Gasteiger partial charge in [-0.1, -0.05) is 17.7 Å². The van der Waals surface area contributed by atoms with E-state index < -0.39 is 11.8 Å². The Morgan fingerprint density at radius 1 is 1.50 bits per heavy atom. The molecular formula is C10H10ClFO2. The van der Waals surface area contributed by atoms with Crippen LogP contribution in [0.3, 0.4) is 0 Å². The minimum Gasteiger partial charge on any atom is -0.459 e. The molecule has 1 aromatic rings. The zero-order chi connectivity index (χ0) is 10.7. The van der Waals surface area contributed by atoms with Crippen molar-refractivity contribution in [1.29, 1.82) is 0 Å². The zero-order valence-electron chi connectivity index (χ0n) is 7.88. The van der Waals surface area contributed by atoms with E-state index in [1.54, 1.807) is 13.8 Å². The molecule has 0 atom stereocenters. The summed E-state index contributed by atoms with van der Waals surface area (Å²) in [5.41, 5.74) is -0.206. The second-order valence-electron chi connectivity index (χ2n) is 3.05. The van der Waals surface area contributed by atoms with Crippen LogP contribution in [-0.4, -0.2) is 12.1 Å². The Labute approximate surface area is 86.6 Å². The van der Waals surface area contributed by atoms with Crippen molar-refractivity contribution in [2.75, 3.05) is 0 Å². The normalized spacial score (nSPS) is 10.4. The van der Waals surface area contributed by atoms with E-state index in [4.69, 9.17) is 16.3 Å². The fourth-order valence-electron chi connectivity index (χ4n) is 0.966. The molecule has 0 saturated carbocycles. The van der Waals surface area contributed by atoms with Crippen molar-refractivity contribution in [3.63, 3.8) is 0 Å². The van der Waals surface area contributed by atoms with E-state index in [2.05, 4.69) is 0 Å². The van der Waals surface area contributed by atoms with Gasteiger partial charge in [-0.3, -0.25) is 0 Å². The number of carbonyl (C=O) groups is 1. The maximum atomic E-state index is 13.2. The van der Waals surface area contributed by atoms with Crippen molar-refractivity contribution in [3.8, 4) is 0 Å². The van der Waals surface area contributed by atoms with Gasteiger partial charge in [0.25, 0.3) is 0 Å². The minimum absolute atomic E-state index is 0.0654. The number of hydrogen-bond donors (Lipinski definition) is 0.